The number of aromatic nitrogens is 1. The second-order valence-electron chi connectivity index (χ2n) is 4.35. The number of anilines is 1. The van der Waals surface area contributed by atoms with Gasteiger partial charge in [-0.3, -0.25) is 10.1 Å². The lowest BCUT2D eigenvalue weighted by Crippen LogP contribution is -2.18. The molecule has 0 atom stereocenters. The zero-order valence-electron chi connectivity index (χ0n) is 9.90. The molecule has 1 fully saturated rings. The van der Waals surface area contributed by atoms with Crippen molar-refractivity contribution in [2.75, 3.05) is 18.1 Å². The fourth-order valence-corrected chi connectivity index (χ4v) is 2.38. The van der Waals surface area contributed by atoms with Crippen molar-refractivity contribution < 1.29 is 4.92 Å². The molecule has 1 aliphatic carbocycles. The van der Waals surface area contributed by atoms with Gasteiger partial charge in [-0.1, -0.05) is 0 Å². The van der Waals surface area contributed by atoms with Gasteiger partial charge in [-0.05, 0) is 26.0 Å². The van der Waals surface area contributed by atoms with Gasteiger partial charge in [-0.25, -0.2) is 4.98 Å². The second-order valence-corrected chi connectivity index (χ2v) is 5.63. The van der Waals surface area contributed by atoms with Gasteiger partial charge < -0.3 is 5.32 Å². The molecule has 0 aromatic carbocycles. The van der Waals surface area contributed by atoms with Crippen LogP contribution in [0.3, 0.4) is 0 Å². The predicted molar refractivity (Wildman–Crippen MR) is 69.6 cm³/mol. The highest BCUT2D eigenvalue weighted by Crippen LogP contribution is 2.47. The summed E-state index contributed by atoms with van der Waals surface area (Å²) in [4.78, 5) is 14.6. The molecule has 0 amide bonds. The third kappa shape index (κ3) is 2.69. The van der Waals surface area contributed by atoms with E-state index in [1.165, 1.54) is 18.9 Å². The van der Waals surface area contributed by atoms with Gasteiger partial charge in [-0.2, -0.15) is 11.8 Å². The third-order valence-corrected chi connectivity index (χ3v) is 4.52. The number of rotatable bonds is 5. The highest BCUT2D eigenvalue weighted by molar-refractivity contribution is 8.00. The summed E-state index contributed by atoms with van der Waals surface area (Å²) in [6.07, 6.45) is 6.04. The van der Waals surface area contributed by atoms with Crippen molar-refractivity contribution in [2.24, 2.45) is 0 Å². The van der Waals surface area contributed by atoms with Crippen molar-refractivity contribution in [3.8, 4) is 0 Å². The maximum atomic E-state index is 10.8. The van der Waals surface area contributed by atoms with Crippen LogP contribution in [0.15, 0.2) is 12.3 Å². The van der Waals surface area contributed by atoms with Gasteiger partial charge in [0.25, 0.3) is 5.69 Å². The molecule has 1 aliphatic rings. The van der Waals surface area contributed by atoms with E-state index in [2.05, 4.69) is 16.6 Å². The molecule has 6 heteroatoms. The Bertz CT molecular complexity index is 446. The van der Waals surface area contributed by atoms with Crippen LogP contribution in [0.25, 0.3) is 0 Å². The van der Waals surface area contributed by atoms with Gasteiger partial charge in [0, 0.05) is 23.1 Å². The Balaban J connectivity index is 2.06. The molecular weight excluding hydrogens is 238 g/mol. The van der Waals surface area contributed by atoms with Crippen molar-refractivity contribution in [2.45, 2.75) is 24.5 Å². The average molecular weight is 253 g/mol. The number of nitrogens with one attached hydrogen (secondary N) is 1. The molecule has 1 aromatic rings. The van der Waals surface area contributed by atoms with Crippen molar-refractivity contribution in [1.82, 2.24) is 4.98 Å². The maximum absolute atomic E-state index is 10.8. The first-order chi connectivity index (χ1) is 8.06. The Morgan fingerprint density at radius 2 is 2.35 bits per heavy atom. The van der Waals surface area contributed by atoms with Crippen LogP contribution in [-0.2, 0) is 0 Å². The van der Waals surface area contributed by atoms with Gasteiger partial charge in [0.05, 0.1) is 11.0 Å². The van der Waals surface area contributed by atoms with E-state index in [1.54, 1.807) is 13.1 Å². The standard InChI is InChI=1S/C11H15N3O2S/c1-8-6-12-10(5-9(8)14(15)16)13-7-11(17-2)3-4-11/h5-6H,3-4,7H2,1-2H3,(H,12,13). The fraction of sp³-hybridized carbons (Fsp3) is 0.545. The highest BCUT2D eigenvalue weighted by Gasteiger charge is 2.41. The fourth-order valence-electron chi connectivity index (χ4n) is 1.65. The molecule has 0 aliphatic heterocycles. The van der Waals surface area contributed by atoms with E-state index in [4.69, 9.17) is 0 Å². The maximum Gasteiger partial charge on any atom is 0.277 e. The number of pyridine rings is 1. The predicted octanol–water partition coefficient (Wildman–Crippen LogP) is 2.61. The zero-order valence-corrected chi connectivity index (χ0v) is 10.7. The summed E-state index contributed by atoms with van der Waals surface area (Å²) in [6.45, 7) is 2.51. The summed E-state index contributed by atoms with van der Waals surface area (Å²) in [5.41, 5.74) is 0.711. The van der Waals surface area contributed by atoms with Crippen LogP contribution in [0.4, 0.5) is 11.5 Å². The quantitative estimate of drug-likeness (QED) is 0.645. The van der Waals surface area contributed by atoms with Crippen molar-refractivity contribution in [1.29, 1.82) is 0 Å². The van der Waals surface area contributed by atoms with Crippen LogP contribution in [0.5, 0.6) is 0 Å². The first-order valence-corrected chi connectivity index (χ1v) is 6.69. The molecule has 1 heterocycles. The first kappa shape index (κ1) is 12.2. The summed E-state index contributed by atoms with van der Waals surface area (Å²) in [5, 5.41) is 14.0. The van der Waals surface area contributed by atoms with Gasteiger partial charge in [0.1, 0.15) is 5.82 Å². The third-order valence-electron chi connectivity index (χ3n) is 3.10. The average Bonchev–Trinajstić information content (AvgIpc) is 3.08. The second kappa shape index (κ2) is 4.52. The summed E-state index contributed by atoms with van der Waals surface area (Å²) in [6, 6.07) is 1.51. The van der Waals surface area contributed by atoms with Gasteiger partial charge in [0.2, 0.25) is 0 Å². The summed E-state index contributed by atoms with van der Waals surface area (Å²) >= 11 is 1.85. The Kier molecular flexibility index (Phi) is 3.24. The molecule has 5 nitrogen and oxygen atoms in total. The Morgan fingerprint density at radius 3 is 2.88 bits per heavy atom. The van der Waals surface area contributed by atoms with Crippen molar-refractivity contribution in [3.63, 3.8) is 0 Å². The molecule has 1 aromatic heterocycles. The monoisotopic (exact) mass is 253 g/mol. The van der Waals surface area contributed by atoms with E-state index in [-0.39, 0.29) is 10.6 Å². The molecule has 0 bridgehead atoms. The molecule has 0 radical (unpaired) electrons. The zero-order chi connectivity index (χ0) is 12.5. The Morgan fingerprint density at radius 1 is 1.65 bits per heavy atom. The molecular formula is C11H15N3O2S. The Hall–Kier alpha value is -1.30. The molecule has 2 rings (SSSR count). The van der Waals surface area contributed by atoms with E-state index in [9.17, 15) is 10.1 Å². The SMILES string of the molecule is CSC1(CNc2cc([N+](=O)[O-])c(C)cn2)CC1. The number of nitrogens with zero attached hydrogens (tertiary/aromatic N) is 2. The smallest absolute Gasteiger partial charge is 0.277 e. The lowest BCUT2D eigenvalue weighted by Gasteiger charge is -2.13. The van der Waals surface area contributed by atoms with E-state index in [1.807, 2.05) is 11.8 Å². The topological polar surface area (TPSA) is 68.1 Å². The van der Waals surface area contributed by atoms with Crippen LogP contribution >= 0.6 is 11.8 Å². The lowest BCUT2D eigenvalue weighted by molar-refractivity contribution is -0.385. The van der Waals surface area contributed by atoms with Crippen LogP contribution in [0, 0.1) is 17.0 Å². The van der Waals surface area contributed by atoms with E-state index in [0.717, 1.165) is 6.54 Å². The molecule has 92 valence electrons. The minimum Gasteiger partial charge on any atom is -0.368 e. The first-order valence-electron chi connectivity index (χ1n) is 5.46. The minimum absolute atomic E-state index is 0.122. The van der Waals surface area contributed by atoms with Crippen molar-refractivity contribution >= 4 is 23.3 Å². The number of thioether (sulfide) groups is 1. The summed E-state index contributed by atoms with van der Waals surface area (Å²) < 4.78 is 0.321. The largest absolute Gasteiger partial charge is 0.368 e. The van der Waals surface area contributed by atoms with Crippen LogP contribution < -0.4 is 5.32 Å². The van der Waals surface area contributed by atoms with E-state index >= 15 is 0 Å². The number of hydrogen-bond acceptors (Lipinski definition) is 5. The molecule has 0 unspecified atom stereocenters. The molecule has 0 saturated heterocycles. The van der Waals surface area contributed by atoms with Crippen LogP contribution in [-0.4, -0.2) is 27.5 Å². The lowest BCUT2D eigenvalue weighted by atomic mass is 10.2. The van der Waals surface area contributed by atoms with E-state index in [0.29, 0.717) is 16.1 Å². The normalized spacial score (nSPS) is 16.6. The molecule has 1 N–H and O–H groups in total. The van der Waals surface area contributed by atoms with Crippen molar-refractivity contribution in [3.05, 3.63) is 27.9 Å². The van der Waals surface area contributed by atoms with Gasteiger partial charge >= 0.3 is 0 Å². The number of aryl methyl sites for hydroxylation is 1. The van der Waals surface area contributed by atoms with Gasteiger partial charge in [-0.15, -0.1) is 0 Å². The molecule has 1 saturated carbocycles. The summed E-state index contributed by atoms with van der Waals surface area (Å²) in [7, 11) is 0. The molecule has 17 heavy (non-hydrogen) atoms. The van der Waals surface area contributed by atoms with Crippen LogP contribution in [0.1, 0.15) is 18.4 Å². The van der Waals surface area contributed by atoms with Gasteiger partial charge in [0.15, 0.2) is 0 Å². The number of hydrogen-bond donors (Lipinski definition) is 1. The molecule has 0 spiro atoms. The Labute approximate surface area is 104 Å². The highest BCUT2D eigenvalue weighted by atomic mass is 32.2. The summed E-state index contributed by atoms with van der Waals surface area (Å²) in [5.74, 6) is 0.586. The number of nitro groups is 1. The van der Waals surface area contributed by atoms with E-state index < -0.39 is 0 Å². The minimum atomic E-state index is -0.371. The van der Waals surface area contributed by atoms with Crippen LogP contribution in [0.2, 0.25) is 0 Å².